The van der Waals surface area contributed by atoms with Crippen LogP contribution >= 0.6 is 0 Å². The third kappa shape index (κ3) is 4.39. The third-order valence-corrected chi connectivity index (χ3v) is 6.70. The number of para-hydroxylation sites is 2. The molecule has 1 aromatic heterocycles. The van der Waals surface area contributed by atoms with Gasteiger partial charge in [0.15, 0.2) is 0 Å². The van der Waals surface area contributed by atoms with Crippen molar-refractivity contribution >= 4 is 34.0 Å². The normalized spacial score (nSPS) is 16.8. The highest BCUT2D eigenvalue weighted by Gasteiger charge is 2.47. The quantitative estimate of drug-likeness (QED) is 0.111. The number of amides is 1. The number of benzene rings is 3. The van der Waals surface area contributed by atoms with Gasteiger partial charge in [-0.25, -0.2) is 0 Å². The summed E-state index contributed by atoms with van der Waals surface area (Å²) in [6.07, 6.45) is 2.25. The van der Waals surface area contributed by atoms with Crippen molar-refractivity contribution in [2.24, 2.45) is 0 Å². The van der Waals surface area contributed by atoms with Crippen molar-refractivity contribution in [2.45, 2.75) is 19.4 Å². The number of aliphatic hydroxyl groups is 1. The van der Waals surface area contributed by atoms with E-state index in [1.165, 1.54) is 23.1 Å². The van der Waals surface area contributed by atoms with Gasteiger partial charge in [-0.3, -0.25) is 19.7 Å². The summed E-state index contributed by atoms with van der Waals surface area (Å²) in [7, 11) is 0. The Labute approximate surface area is 218 Å². The monoisotopic (exact) mass is 511 g/mol. The molecule has 4 aromatic rings. The largest absolute Gasteiger partial charge is 0.507 e. The van der Waals surface area contributed by atoms with Gasteiger partial charge in [-0.05, 0) is 55.3 Å². The molecule has 0 spiro atoms. The molecule has 2 heterocycles. The van der Waals surface area contributed by atoms with E-state index in [9.17, 15) is 24.8 Å². The second-order valence-corrected chi connectivity index (χ2v) is 8.88. The molecule has 2 N–H and O–H groups in total. The number of aliphatic hydroxyl groups excluding tert-OH is 1. The Morgan fingerprint density at radius 1 is 1.05 bits per heavy atom. The standard InChI is InChI=1S/C29H25N3O6/c1-2-38-20-13-11-18(12-14-20)27(33)25-26(22-8-4-6-10-24(22)32(36)37)31(29(35)28(25)34)16-15-19-17-30-23-9-5-3-7-21(19)23/h3-14,17,26,30,33H,2,15-16H2,1H3/t26-/m1/s1. The Morgan fingerprint density at radius 2 is 1.76 bits per heavy atom. The van der Waals surface area contributed by atoms with Crippen LogP contribution in [0.3, 0.4) is 0 Å². The first-order valence-corrected chi connectivity index (χ1v) is 12.2. The molecule has 192 valence electrons. The highest BCUT2D eigenvalue weighted by atomic mass is 16.6. The lowest BCUT2D eigenvalue weighted by molar-refractivity contribution is -0.385. The number of hydrogen-bond acceptors (Lipinski definition) is 6. The van der Waals surface area contributed by atoms with Crippen LogP contribution in [0.5, 0.6) is 5.75 Å². The van der Waals surface area contributed by atoms with E-state index < -0.39 is 28.4 Å². The smallest absolute Gasteiger partial charge is 0.295 e. The van der Waals surface area contributed by atoms with Gasteiger partial charge in [-0.1, -0.05) is 30.3 Å². The summed E-state index contributed by atoms with van der Waals surface area (Å²) in [4.78, 5) is 42.5. The summed E-state index contributed by atoms with van der Waals surface area (Å²) < 4.78 is 5.45. The minimum atomic E-state index is -1.13. The lowest BCUT2D eigenvalue weighted by Gasteiger charge is -2.25. The molecule has 1 aliphatic rings. The fourth-order valence-electron chi connectivity index (χ4n) is 4.93. The minimum Gasteiger partial charge on any atom is -0.507 e. The number of hydrogen-bond donors (Lipinski definition) is 2. The van der Waals surface area contributed by atoms with Crippen LogP contribution in [0.2, 0.25) is 0 Å². The number of nitrogens with one attached hydrogen (secondary N) is 1. The Balaban J connectivity index is 1.59. The van der Waals surface area contributed by atoms with Gasteiger partial charge >= 0.3 is 0 Å². The maximum atomic E-state index is 13.3. The van der Waals surface area contributed by atoms with Gasteiger partial charge in [0.05, 0.1) is 28.7 Å². The van der Waals surface area contributed by atoms with Crippen LogP contribution < -0.4 is 4.74 Å². The lowest BCUT2D eigenvalue weighted by Crippen LogP contribution is -2.32. The van der Waals surface area contributed by atoms with Crippen molar-refractivity contribution in [1.82, 2.24) is 9.88 Å². The molecule has 5 rings (SSSR count). The van der Waals surface area contributed by atoms with Gasteiger partial charge in [0.25, 0.3) is 17.4 Å². The van der Waals surface area contributed by atoms with Crippen LogP contribution in [-0.4, -0.2) is 44.8 Å². The molecule has 38 heavy (non-hydrogen) atoms. The van der Waals surface area contributed by atoms with Gasteiger partial charge in [0.2, 0.25) is 0 Å². The summed E-state index contributed by atoms with van der Waals surface area (Å²) in [5.74, 6) is -1.53. The summed E-state index contributed by atoms with van der Waals surface area (Å²) in [6, 6.07) is 19.0. The number of ether oxygens (including phenoxy) is 1. The molecule has 0 saturated carbocycles. The van der Waals surface area contributed by atoms with Crippen LogP contribution in [0.15, 0.2) is 84.6 Å². The van der Waals surface area contributed by atoms with Crippen molar-refractivity contribution < 1.29 is 24.4 Å². The van der Waals surface area contributed by atoms with E-state index in [-0.39, 0.29) is 23.4 Å². The number of rotatable bonds is 8. The van der Waals surface area contributed by atoms with Crippen molar-refractivity contribution in [3.63, 3.8) is 0 Å². The predicted molar refractivity (Wildman–Crippen MR) is 142 cm³/mol. The molecular formula is C29H25N3O6. The number of nitrogens with zero attached hydrogens (tertiary/aromatic N) is 2. The number of aromatic nitrogens is 1. The average Bonchev–Trinajstić information content (AvgIpc) is 3.45. The molecule has 0 radical (unpaired) electrons. The summed E-state index contributed by atoms with van der Waals surface area (Å²) in [5, 5.41) is 24.2. The molecular weight excluding hydrogens is 486 g/mol. The van der Waals surface area contributed by atoms with E-state index >= 15 is 0 Å². The molecule has 3 aromatic carbocycles. The highest BCUT2D eigenvalue weighted by Crippen LogP contribution is 2.42. The molecule has 1 saturated heterocycles. The van der Waals surface area contributed by atoms with E-state index in [4.69, 9.17) is 4.74 Å². The topological polar surface area (TPSA) is 126 Å². The molecule has 1 fully saturated rings. The van der Waals surface area contributed by atoms with Gasteiger partial charge in [-0.2, -0.15) is 0 Å². The number of Topliss-reactive ketones (excluding diaryl/α,β-unsaturated/α-hetero) is 1. The van der Waals surface area contributed by atoms with Crippen molar-refractivity contribution in [1.29, 1.82) is 0 Å². The molecule has 1 atom stereocenters. The number of nitro benzene ring substituents is 1. The molecule has 0 unspecified atom stereocenters. The maximum absolute atomic E-state index is 13.3. The zero-order valence-corrected chi connectivity index (χ0v) is 20.6. The molecule has 0 bridgehead atoms. The third-order valence-electron chi connectivity index (χ3n) is 6.70. The number of carbonyl (C=O) groups excluding carboxylic acids is 2. The van der Waals surface area contributed by atoms with E-state index in [1.54, 1.807) is 30.3 Å². The summed E-state index contributed by atoms with van der Waals surface area (Å²) >= 11 is 0. The van der Waals surface area contributed by atoms with Crippen LogP contribution in [0.4, 0.5) is 5.69 Å². The maximum Gasteiger partial charge on any atom is 0.295 e. The first kappa shape index (κ1) is 24.8. The fourth-order valence-corrected chi connectivity index (χ4v) is 4.93. The second-order valence-electron chi connectivity index (χ2n) is 8.88. The first-order valence-electron chi connectivity index (χ1n) is 12.2. The Morgan fingerprint density at radius 3 is 2.50 bits per heavy atom. The van der Waals surface area contributed by atoms with Crippen molar-refractivity contribution in [3.8, 4) is 5.75 Å². The summed E-state index contributed by atoms with van der Waals surface area (Å²) in [5.41, 5.74) is 1.90. The molecule has 9 heteroatoms. The van der Waals surface area contributed by atoms with Gasteiger partial charge in [-0.15, -0.1) is 0 Å². The Kier molecular flexibility index (Phi) is 6.66. The first-order chi connectivity index (χ1) is 18.4. The number of ketones is 1. The number of fused-ring (bicyclic) bond motifs is 1. The second kappa shape index (κ2) is 10.2. The Hall–Kier alpha value is -4.92. The zero-order chi connectivity index (χ0) is 26.8. The number of nitro groups is 1. The van der Waals surface area contributed by atoms with E-state index in [0.717, 1.165) is 16.5 Å². The zero-order valence-electron chi connectivity index (χ0n) is 20.6. The van der Waals surface area contributed by atoms with Crippen LogP contribution in [-0.2, 0) is 16.0 Å². The minimum absolute atomic E-state index is 0.114. The van der Waals surface area contributed by atoms with Crippen LogP contribution in [0.1, 0.15) is 29.7 Å². The number of likely N-dealkylation sites (tertiary alicyclic amines) is 1. The van der Waals surface area contributed by atoms with Crippen molar-refractivity contribution in [2.75, 3.05) is 13.2 Å². The van der Waals surface area contributed by atoms with E-state index in [0.29, 0.717) is 24.3 Å². The van der Waals surface area contributed by atoms with Crippen LogP contribution in [0, 0.1) is 10.1 Å². The van der Waals surface area contributed by atoms with Gasteiger partial charge in [0.1, 0.15) is 11.5 Å². The average molecular weight is 512 g/mol. The molecule has 1 amide bonds. The lowest BCUT2D eigenvalue weighted by atomic mass is 9.94. The number of H-pyrrole nitrogens is 1. The molecule has 9 nitrogen and oxygen atoms in total. The molecule has 0 aliphatic carbocycles. The van der Waals surface area contributed by atoms with Crippen molar-refractivity contribution in [3.05, 3.63) is 111 Å². The predicted octanol–water partition coefficient (Wildman–Crippen LogP) is 5.14. The highest BCUT2D eigenvalue weighted by molar-refractivity contribution is 6.46. The SMILES string of the molecule is CCOc1ccc(C(O)=C2C(=O)C(=O)N(CCc3c[nH]c4ccccc34)[C@@H]2c2ccccc2[N+](=O)[O-])cc1. The molecule has 1 aliphatic heterocycles. The summed E-state index contributed by atoms with van der Waals surface area (Å²) in [6.45, 7) is 2.42. The van der Waals surface area contributed by atoms with Gasteiger partial charge < -0.3 is 19.7 Å². The van der Waals surface area contributed by atoms with E-state index in [1.807, 2.05) is 37.4 Å². The number of carbonyl (C=O) groups is 2. The number of aromatic amines is 1. The van der Waals surface area contributed by atoms with E-state index in [2.05, 4.69) is 4.98 Å². The van der Waals surface area contributed by atoms with Crippen LogP contribution in [0.25, 0.3) is 16.7 Å². The Bertz CT molecular complexity index is 1570. The van der Waals surface area contributed by atoms with Gasteiger partial charge in [0, 0.05) is 35.3 Å². The fraction of sp³-hybridized carbons (Fsp3) is 0.172.